The minimum atomic E-state index is 0.260. The van der Waals surface area contributed by atoms with Gasteiger partial charge in [0.1, 0.15) is 11.6 Å². The minimum Gasteiger partial charge on any atom is -0.438 e. The average Bonchev–Trinajstić information content (AvgIpc) is 2.87. The number of aryl methyl sites for hydroxylation is 1. The van der Waals surface area contributed by atoms with Crippen molar-refractivity contribution in [2.24, 2.45) is 4.99 Å². The van der Waals surface area contributed by atoms with Crippen LogP contribution in [0.25, 0.3) is 11.0 Å². The second kappa shape index (κ2) is 4.93. The molecule has 0 amide bonds. The molecule has 2 aliphatic rings. The van der Waals surface area contributed by atoms with Gasteiger partial charge in [0.25, 0.3) is 0 Å². The third-order valence-electron chi connectivity index (χ3n) is 5.18. The summed E-state index contributed by atoms with van der Waals surface area (Å²) in [5.74, 6) is 1.26. The van der Waals surface area contributed by atoms with E-state index in [4.69, 9.17) is 4.42 Å². The number of allylic oxidation sites excluding steroid dienone is 2. The van der Waals surface area contributed by atoms with E-state index in [1.165, 1.54) is 22.1 Å². The summed E-state index contributed by atoms with van der Waals surface area (Å²) >= 11 is 0. The monoisotopic (exact) mass is 307 g/mol. The van der Waals surface area contributed by atoms with Crippen molar-refractivity contribution in [2.75, 3.05) is 14.1 Å². The summed E-state index contributed by atoms with van der Waals surface area (Å²) in [6, 6.07) is 4.69. The molecule has 0 fully saturated rings. The van der Waals surface area contributed by atoms with Crippen LogP contribution in [0.2, 0.25) is 0 Å². The van der Waals surface area contributed by atoms with Gasteiger partial charge in [-0.2, -0.15) is 0 Å². The van der Waals surface area contributed by atoms with Crippen LogP contribution in [0.5, 0.6) is 0 Å². The number of rotatable bonds is 1. The largest absolute Gasteiger partial charge is 0.438 e. The first kappa shape index (κ1) is 14.5. The molecule has 0 aliphatic carbocycles. The molecule has 3 heteroatoms. The Morgan fingerprint density at radius 2 is 2.00 bits per heavy atom. The van der Waals surface area contributed by atoms with Gasteiger partial charge in [0, 0.05) is 17.2 Å². The fourth-order valence-corrected chi connectivity index (χ4v) is 3.82. The van der Waals surface area contributed by atoms with Crippen LogP contribution < -0.4 is 0 Å². The van der Waals surface area contributed by atoms with E-state index < -0.39 is 0 Å². The number of fused-ring (bicyclic) bond motifs is 3. The maximum absolute atomic E-state index is 6.25. The smallest absolute Gasteiger partial charge is 0.223 e. The number of nitrogens with zero attached hydrogens (tertiary/aromatic N) is 2. The van der Waals surface area contributed by atoms with Gasteiger partial charge in [0.15, 0.2) is 0 Å². The van der Waals surface area contributed by atoms with Gasteiger partial charge in [-0.1, -0.05) is 25.1 Å². The Kier molecular flexibility index (Phi) is 3.10. The number of hydrogen-bond acceptors (Lipinski definition) is 2. The van der Waals surface area contributed by atoms with Crippen molar-refractivity contribution in [3.63, 3.8) is 0 Å². The van der Waals surface area contributed by atoms with Crippen LogP contribution in [0.4, 0.5) is 5.88 Å². The van der Waals surface area contributed by atoms with Gasteiger partial charge in [0.05, 0.1) is 25.9 Å². The number of aliphatic imine (C=N–C) groups is 1. The van der Waals surface area contributed by atoms with Gasteiger partial charge in [-0.05, 0) is 37.0 Å². The molecule has 0 spiro atoms. The molecular formula is C20H23N2O+. The molecule has 2 unspecified atom stereocenters. The fraction of sp³-hybridized carbons (Fsp3) is 0.350. The third-order valence-corrected chi connectivity index (χ3v) is 5.18. The lowest BCUT2D eigenvalue weighted by Crippen LogP contribution is -2.38. The van der Waals surface area contributed by atoms with Crippen molar-refractivity contribution in [2.45, 2.75) is 32.2 Å². The normalized spacial score (nSPS) is 25.0. The molecule has 3 nitrogen and oxygen atoms in total. The minimum absolute atomic E-state index is 0.260. The molecular weight excluding hydrogens is 284 g/mol. The van der Waals surface area contributed by atoms with E-state index in [0.717, 1.165) is 22.4 Å². The lowest BCUT2D eigenvalue weighted by atomic mass is 9.91. The van der Waals surface area contributed by atoms with E-state index in [0.29, 0.717) is 5.92 Å². The lowest BCUT2D eigenvalue weighted by Gasteiger charge is -2.35. The molecule has 2 aliphatic heterocycles. The number of quaternary nitrogens is 1. The highest BCUT2D eigenvalue weighted by molar-refractivity contribution is 5.91. The van der Waals surface area contributed by atoms with Crippen molar-refractivity contribution in [3.8, 4) is 0 Å². The molecule has 3 heterocycles. The summed E-state index contributed by atoms with van der Waals surface area (Å²) in [7, 11) is 4.46. The summed E-state index contributed by atoms with van der Waals surface area (Å²) < 4.78 is 7.05. The fourth-order valence-electron chi connectivity index (χ4n) is 3.82. The van der Waals surface area contributed by atoms with Crippen LogP contribution in [-0.4, -0.2) is 24.8 Å². The standard InChI is InChI=1S/C20H23N2O/c1-13-8-9-15-17-14(2)10-11-21-20(17)23-19(15)18(13)16-7-5-6-12-22(16,3)4/h5-9,11-12,14,16H,10H2,1-4H3/q+1. The van der Waals surface area contributed by atoms with Crippen LogP contribution in [0, 0.1) is 6.92 Å². The number of hydrogen-bond donors (Lipinski definition) is 0. The average molecular weight is 307 g/mol. The highest BCUT2D eigenvalue weighted by Crippen LogP contribution is 2.45. The van der Waals surface area contributed by atoms with Crippen molar-refractivity contribution in [1.29, 1.82) is 0 Å². The first-order chi connectivity index (χ1) is 11.0. The zero-order valence-corrected chi connectivity index (χ0v) is 14.2. The molecule has 0 saturated carbocycles. The summed E-state index contributed by atoms with van der Waals surface area (Å²) in [6.45, 7) is 4.43. The molecule has 2 aromatic rings. The Labute approximate surface area is 137 Å². The zero-order chi connectivity index (χ0) is 16.2. The first-order valence-electron chi connectivity index (χ1n) is 8.27. The van der Waals surface area contributed by atoms with E-state index >= 15 is 0 Å². The highest BCUT2D eigenvalue weighted by Gasteiger charge is 2.33. The van der Waals surface area contributed by atoms with E-state index in [1.807, 2.05) is 6.21 Å². The molecule has 118 valence electrons. The van der Waals surface area contributed by atoms with Crippen LogP contribution in [0.1, 0.15) is 42.0 Å². The predicted octanol–water partition coefficient (Wildman–Crippen LogP) is 5.15. The maximum atomic E-state index is 6.25. The summed E-state index contributed by atoms with van der Waals surface area (Å²) in [5, 5.41) is 1.23. The second-order valence-corrected chi connectivity index (χ2v) is 7.24. The van der Waals surface area contributed by atoms with Crippen LogP contribution in [-0.2, 0) is 0 Å². The predicted molar refractivity (Wildman–Crippen MR) is 95.3 cm³/mol. The maximum Gasteiger partial charge on any atom is 0.223 e. The van der Waals surface area contributed by atoms with Crippen LogP contribution in [0.3, 0.4) is 0 Å². The van der Waals surface area contributed by atoms with Crippen LogP contribution in [0.15, 0.2) is 46.0 Å². The van der Waals surface area contributed by atoms with Crippen molar-refractivity contribution >= 4 is 23.1 Å². The number of benzene rings is 1. The molecule has 0 N–H and O–H groups in total. The zero-order valence-electron chi connectivity index (χ0n) is 14.2. The molecule has 0 saturated heterocycles. The van der Waals surface area contributed by atoms with E-state index in [9.17, 15) is 0 Å². The van der Waals surface area contributed by atoms with Gasteiger partial charge in [0.2, 0.25) is 5.88 Å². The Hall–Kier alpha value is -2.13. The Morgan fingerprint density at radius 3 is 2.78 bits per heavy atom. The Morgan fingerprint density at radius 1 is 1.17 bits per heavy atom. The van der Waals surface area contributed by atoms with E-state index in [2.05, 4.69) is 69.5 Å². The highest BCUT2D eigenvalue weighted by atomic mass is 16.3. The van der Waals surface area contributed by atoms with Gasteiger partial charge in [-0.15, -0.1) is 0 Å². The molecule has 0 radical (unpaired) electrons. The van der Waals surface area contributed by atoms with Gasteiger partial charge in [-0.3, -0.25) is 4.48 Å². The molecule has 2 atom stereocenters. The Bertz CT molecular complexity index is 867. The van der Waals surface area contributed by atoms with E-state index in [1.54, 1.807) is 0 Å². The topological polar surface area (TPSA) is 25.5 Å². The molecule has 1 aromatic carbocycles. The summed E-state index contributed by atoms with van der Waals surface area (Å²) in [5.41, 5.74) is 4.84. The molecule has 1 aromatic heterocycles. The molecule has 23 heavy (non-hydrogen) atoms. The van der Waals surface area contributed by atoms with Crippen molar-refractivity contribution in [3.05, 3.63) is 53.3 Å². The molecule has 4 rings (SSSR count). The third kappa shape index (κ3) is 2.11. The molecule has 0 bridgehead atoms. The number of likely N-dealkylation sites (N-methyl/N-ethyl adjacent to an activating group) is 1. The second-order valence-electron chi connectivity index (χ2n) is 7.24. The number of furan rings is 1. The van der Waals surface area contributed by atoms with Gasteiger partial charge >= 0.3 is 0 Å². The van der Waals surface area contributed by atoms with Crippen molar-refractivity contribution < 1.29 is 8.90 Å². The lowest BCUT2D eigenvalue weighted by molar-refractivity contribution is -0.865. The quantitative estimate of drug-likeness (QED) is 0.669. The Balaban J connectivity index is 2.01. The SMILES string of the molecule is Cc1ccc2c3c(oc2c1C1C=CC=C[N+]1(C)C)N=CCC3C. The first-order valence-corrected chi connectivity index (χ1v) is 8.27. The van der Waals surface area contributed by atoms with Gasteiger partial charge in [-0.25, -0.2) is 4.99 Å². The van der Waals surface area contributed by atoms with Gasteiger partial charge < -0.3 is 4.42 Å². The van der Waals surface area contributed by atoms with E-state index in [-0.39, 0.29) is 6.04 Å². The summed E-state index contributed by atoms with van der Waals surface area (Å²) in [4.78, 5) is 4.50. The van der Waals surface area contributed by atoms with Crippen LogP contribution >= 0.6 is 0 Å². The van der Waals surface area contributed by atoms with Crippen molar-refractivity contribution in [1.82, 2.24) is 0 Å². The summed E-state index contributed by atoms with van der Waals surface area (Å²) in [6.07, 6.45) is 11.7.